The van der Waals surface area contributed by atoms with Crippen molar-refractivity contribution in [2.24, 2.45) is 5.92 Å². The molecule has 0 aromatic carbocycles. The molecule has 0 bridgehead atoms. The Morgan fingerprint density at radius 3 is 2.88 bits per heavy atom. The minimum atomic E-state index is 0.541. The quantitative estimate of drug-likeness (QED) is 0.747. The van der Waals surface area contributed by atoms with Crippen LogP contribution in [0.2, 0.25) is 0 Å². The summed E-state index contributed by atoms with van der Waals surface area (Å²) in [5, 5.41) is 3.43. The highest BCUT2D eigenvalue weighted by molar-refractivity contribution is 5.49. The van der Waals surface area contributed by atoms with Crippen molar-refractivity contribution in [3.63, 3.8) is 0 Å². The highest BCUT2D eigenvalue weighted by Crippen LogP contribution is 2.12. The second-order valence-electron chi connectivity index (χ2n) is 4.18. The molecule has 1 aromatic rings. The van der Waals surface area contributed by atoms with Gasteiger partial charge in [0.25, 0.3) is 0 Å². The van der Waals surface area contributed by atoms with Crippen LogP contribution in [0, 0.1) is 5.92 Å². The summed E-state index contributed by atoms with van der Waals surface area (Å²) in [4.78, 5) is 8.13. The van der Waals surface area contributed by atoms with Crippen LogP contribution in [0.3, 0.4) is 0 Å². The van der Waals surface area contributed by atoms with Crippen LogP contribution < -0.4 is 5.32 Å². The van der Waals surface area contributed by atoms with Crippen LogP contribution >= 0.6 is 0 Å². The number of aromatic nitrogens is 2. The summed E-state index contributed by atoms with van der Waals surface area (Å²) in [6, 6.07) is 1.93. The highest BCUT2D eigenvalue weighted by atomic mass is 14.8. The van der Waals surface area contributed by atoms with Gasteiger partial charge in [0.2, 0.25) is 0 Å². The highest BCUT2D eigenvalue weighted by Gasteiger charge is 2.03. The van der Waals surface area contributed by atoms with E-state index in [1.807, 2.05) is 6.07 Å². The van der Waals surface area contributed by atoms with Gasteiger partial charge in [-0.15, -0.1) is 0 Å². The standard InChI is InChI=1S/C13H21N3/c1-4-6-14-9-12(11(2)3)8-13-5-7-15-10-16-13/h5,7-8,10-11,14H,4,6,9H2,1-3H3. The van der Waals surface area contributed by atoms with Gasteiger partial charge in [-0.25, -0.2) is 9.97 Å². The second-order valence-corrected chi connectivity index (χ2v) is 4.18. The molecule has 0 saturated carbocycles. The van der Waals surface area contributed by atoms with Gasteiger partial charge in [0.15, 0.2) is 0 Å². The summed E-state index contributed by atoms with van der Waals surface area (Å²) in [5.74, 6) is 0.541. The van der Waals surface area contributed by atoms with Crippen LogP contribution in [-0.2, 0) is 0 Å². The van der Waals surface area contributed by atoms with E-state index in [1.54, 1.807) is 12.5 Å². The smallest absolute Gasteiger partial charge is 0.115 e. The molecular weight excluding hydrogens is 198 g/mol. The summed E-state index contributed by atoms with van der Waals surface area (Å²) < 4.78 is 0. The van der Waals surface area contributed by atoms with Crippen molar-refractivity contribution >= 4 is 6.08 Å². The van der Waals surface area contributed by atoms with Crippen LogP contribution in [0.1, 0.15) is 32.9 Å². The summed E-state index contributed by atoms with van der Waals surface area (Å²) in [7, 11) is 0. The zero-order valence-corrected chi connectivity index (χ0v) is 10.4. The lowest BCUT2D eigenvalue weighted by molar-refractivity contribution is 0.656. The molecule has 1 N–H and O–H groups in total. The molecule has 0 aliphatic carbocycles. The Morgan fingerprint density at radius 2 is 2.31 bits per heavy atom. The van der Waals surface area contributed by atoms with Gasteiger partial charge in [0.1, 0.15) is 6.33 Å². The van der Waals surface area contributed by atoms with E-state index in [1.165, 1.54) is 12.0 Å². The van der Waals surface area contributed by atoms with Gasteiger partial charge >= 0.3 is 0 Å². The number of nitrogens with zero attached hydrogens (tertiary/aromatic N) is 2. The fraction of sp³-hybridized carbons (Fsp3) is 0.538. The lowest BCUT2D eigenvalue weighted by Gasteiger charge is -2.12. The molecule has 0 fully saturated rings. The zero-order valence-electron chi connectivity index (χ0n) is 10.4. The molecule has 1 rings (SSSR count). The van der Waals surface area contributed by atoms with Crippen molar-refractivity contribution in [3.05, 3.63) is 29.9 Å². The Labute approximate surface area is 98.0 Å². The van der Waals surface area contributed by atoms with E-state index < -0.39 is 0 Å². The van der Waals surface area contributed by atoms with Gasteiger partial charge in [-0.2, -0.15) is 0 Å². The average molecular weight is 219 g/mol. The van der Waals surface area contributed by atoms with Crippen molar-refractivity contribution in [1.82, 2.24) is 15.3 Å². The van der Waals surface area contributed by atoms with Crippen LogP contribution in [0.5, 0.6) is 0 Å². The number of hydrogen-bond donors (Lipinski definition) is 1. The minimum Gasteiger partial charge on any atom is -0.313 e. The fourth-order valence-corrected chi connectivity index (χ4v) is 1.41. The van der Waals surface area contributed by atoms with Gasteiger partial charge in [0, 0.05) is 12.7 Å². The molecular formula is C13H21N3. The monoisotopic (exact) mass is 219 g/mol. The molecule has 0 amide bonds. The lowest BCUT2D eigenvalue weighted by Crippen LogP contribution is -2.20. The first-order chi connectivity index (χ1) is 7.74. The molecule has 3 heteroatoms. The summed E-state index contributed by atoms with van der Waals surface area (Å²) >= 11 is 0. The van der Waals surface area contributed by atoms with Gasteiger partial charge in [-0.05, 0) is 31.0 Å². The van der Waals surface area contributed by atoms with Crippen LogP contribution in [0.15, 0.2) is 24.2 Å². The van der Waals surface area contributed by atoms with Crippen molar-refractivity contribution in [2.45, 2.75) is 27.2 Å². The van der Waals surface area contributed by atoms with Gasteiger partial charge in [0.05, 0.1) is 5.69 Å². The van der Waals surface area contributed by atoms with Crippen molar-refractivity contribution < 1.29 is 0 Å². The maximum Gasteiger partial charge on any atom is 0.115 e. The van der Waals surface area contributed by atoms with Crippen molar-refractivity contribution in [2.75, 3.05) is 13.1 Å². The Balaban J connectivity index is 2.66. The first-order valence-corrected chi connectivity index (χ1v) is 5.91. The molecule has 16 heavy (non-hydrogen) atoms. The Morgan fingerprint density at radius 1 is 1.50 bits per heavy atom. The maximum atomic E-state index is 4.21. The lowest BCUT2D eigenvalue weighted by atomic mass is 10.0. The molecule has 0 unspecified atom stereocenters. The SMILES string of the molecule is CCCNCC(=Cc1ccncn1)C(C)C. The van der Waals surface area contributed by atoms with E-state index in [2.05, 4.69) is 42.1 Å². The zero-order chi connectivity index (χ0) is 11.8. The summed E-state index contributed by atoms with van der Waals surface area (Å²) in [5.41, 5.74) is 2.36. The van der Waals surface area contributed by atoms with E-state index in [4.69, 9.17) is 0 Å². The largest absolute Gasteiger partial charge is 0.313 e. The topological polar surface area (TPSA) is 37.8 Å². The summed E-state index contributed by atoms with van der Waals surface area (Å²) in [6.07, 6.45) is 6.67. The minimum absolute atomic E-state index is 0.541. The van der Waals surface area contributed by atoms with E-state index in [-0.39, 0.29) is 0 Å². The van der Waals surface area contributed by atoms with Gasteiger partial charge in [-0.3, -0.25) is 0 Å². The normalized spacial score (nSPS) is 12.1. The van der Waals surface area contributed by atoms with Gasteiger partial charge < -0.3 is 5.32 Å². The van der Waals surface area contributed by atoms with Crippen LogP contribution in [0.4, 0.5) is 0 Å². The molecule has 0 atom stereocenters. The van der Waals surface area contributed by atoms with Gasteiger partial charge in [-0.1, -0.05) is 26.3 Å². The van der Waals surface area contributed by atoms with E-state index >= 15 is 0 Å². The third kappa shape index (κ3) is 4.53. The Bertz CT molecular complexity index is 317. The molecule has 0 aliphatic heterocycles. The van der Waals surface area contributed by atoms with E-state index in [0.29, 0.717) is 5.92 Å². The van der Waals surface area contributed by atoms with Crippen LogP contribution in [-0.4, -0.2) is 23.1 Å². The first kappa shape index (κ1) is 12.8. The van der Waals surface area contributed by atoms with E-state index in [9.17, 15) is 0 Å². The third-order valence-corrected chi connectivity index (χ3v) is 2.44. The van der Waals surface area contributed by atoms with Crippen LogP contribution in [0.25, 0.3) is 6.08 Å². The molecule has 3 nitrogen and oxygen atoms in total. The Hall–Kier alpha value is -1.22. The Kier molecular flexibility index (Phi) is 5.72. The van der Waals surface area contributed by atoms with E-state index in [0.717, 1.165) is 18.8 Å². The first-order valence-electron chi connectivity index (χ1n) is 5.91. The molecule has 0 aliphatic rings. The fourth-order valence-electron chi connectivity index (χ4n) is 1.41. The number of hydrogen-bond acceptors (Lipinski definition) is 3. The third-order valence-electron chi connectivity index (χ3n) is 2.44. The van der Waals surface area contributed by atoms with Crippen molar-refractivity contribution in [1.29, 1.82) is 0 Å². The average Bonchev–Trinajstić information content (AvgIpc) is 2.29. The molecule has 88 valence electrons. The predicted octanol–water partition coefficient (Wildman–Crippen LogP) is 2.52. The van der Waals surface area contributed by atoms with Crippen molar-refractivity contribution in [3.8, 4) is 0 Å². The number of nitrogens with one attached hydrogen (secondary N) is 1. The number of rotatable bonds is 6. The molecule has 0 saturated heterocycles. The molecule has 1 heterocycles. The molecule has 0 radical (unpaired) electrons. The second kappa shape index (κ2) is 7.12. The maximum absolute atomic E-state index is 4.21. The predicted molar refractivity (Wildman–Crippen MR) is 68.0 cm³/mol. The molecule has 0 spiro atoms. The molecule has 1 aromatic heterocycles. The summed E-state index contributed by atoms with van der Waals surface area (Å²) in [6.45, 7) is 8.60.